The zero-order chi connectivity index (χ0) is 25.7. The number of hydrogen-bond donors (Lipinski definition) is 2. The minimum Gasteiger partial charge on any atom is -0.380 e. The Morgan fingerprint density at radius 2 is 2.03 bits per heavy atom. The highest BCUT2D eigenvalue weighted by atomic mass is 32.1. The molecular formula is C26H38N6O3S. The van der Waals surface area contributed by atoms with Crippen LogP contribution in [0.15, 0.2) is 23.6 Å². The molecule has 0 radical (unpaired) electrons. The van der Waals surface area contributed by atoms with Gasteiger partial charge in [-0.2, -0.15) is 0 Å². The molecule has 0 saturated carbocycles. The number of anilines is 2. The van der Waals surface area contributed by atoms with E-state index in [9.17, 15) is 9.59 Å². The molecule has 2 fully saturated rings. The molecule has 0 aliphatic carbocycles. The summed E-state index contributed by atoms with van der Waals surface area (Å²) in [5.41, 5.74) is 2.39. The Morgan fingerprint density at radius 3 is 2.75 bits per heavy atom. The number of piperazine rings is 1. The lowest BCUT2D eigenvalue weighted by Gasteiger charge is -2.38. The highest BCUT2D eigenvalue weighted by molar-refractivity contribution is 7.14. The van der Waals surface area contributed by atoms with E-state index in [1.54, 1.807) is 12.5 Å². The maximum Gasteiger partial charge on any atom is 0.275 e. The Bertz CT molecular complexity index is 1060. The Hall–Kier alpha value is -2.53. The Morgan fingerprint density at radius 1 is 1.19 bits per heavy atom. The van der Waals surface area contributed by atoms with E-state index in [4.69, 9.17) is 4.74 Å². The van der Waals surface area contributed by atoms with Gasteiger partial charge < -0.3 is 25.2 Å². The van der Waals surface area contributed by atoms with Crippen LogP contribution in [0.5, 0.6) is 0 Å². The van der Waals surface area contributed by atoms with Gasteiger partial charge in [0.15, 0.2) is 5.13 Å². The lowest BCUT2D eigenvalue weighted by atomic mass is 10.1. The maximum atomic E-state index is 13.1. The second-order valence-corrected chi connectivity index (χ2v) is 10.6. The fourth-order valence-corrected chi connectivity index (χ4v) is 5.60. The average molecular weight is 515 g/mol. The summed E-state index contributed by atoms with van der Waals surface area (Å²) in [6.07, 6.45) is 1.99. The number of thiazole rings is 1. The SMILES string of the molecule is CCCNC(=O)c1cc(CN2CCN(C)C[C@H]2C)ccc1NC(=O)c1csc(N2CC[C@H](OC)C2)n1. The Balaban J connectivity index is 1.49. The van der Waals surface area contributed by atoms with Gasteiger partial charge in [-0.3, -0.25) is 14.5 Å². The van der Waals surface area contributed by atoms with Gasteiger partial charge in [0.1, 0.15) is 5.69 Å². The summed E-state index contributed by atoms with van der Waals surface area (Å²) < 4.78 is 5.44. The molecule has 1 aromatic heterocycles. The molecule has 2 amide bonds. The van der Waals surface area contributed by atoms with Crippen molar-refractivity contribution in [2.45, 2.75) is 45.4 Å². The predicted octanol–water partition coefficient (Wildman–Crippen LogP) is 2.90. The van der Waals surface area contributed by atoms with Crippen molar-refractivity contribution in [3.63, 3.8) is 0 Å². The van der Waals surface area contributed by atoms with E-state index in [0.717, 1.165) is 62.8 Å². The third-order valence-corrected chi connectivity index (χ3v) is 7.84. The number of rotatable bonds is 9. The van der Waals surface area contributed by atoms with E-state index in [1.807, 2.05) is 25.1 Å². The standard InChI is InChI=1S/C26H38N6O3S/c1-5-9-27-24(33)21-13-19(15-31-12-11-30(3)14-18(31)2)6-7-22(21)28-25(34)23-17-36-26(29-23)32-10-8-20(16-32)35-4/h6-7,13,17-18,20H,5,8-12,14-16H2,1-4H3,(H,27,33)(H,28,34)/t18-,20+/m1/s1. The van der Waals surface area contributed by atoms with Crippen LogP contribution >= 0.6 is 11.3 Å². The third-order valence-electron chi connectivity index (χ3n) is 6.94. The Labute approximate surface area is 217 Å². The molecule has 0 spiro atoms. The van der Waals surface area contributed by atoms with E-state index in [1.165, 1.54) is 11.3 Å². The minimum atomic E-state index is -0.315. The number of aromatic nitrogens is 1. The molecular weight excluding hydrogens is 476 g/mol. The predicted molar refractivity (Wildman–Crippen MR) is 144 cm³/mol. The molecule has 3 heterocycles. The van der Waals surface area contributed by atoms with Crippen molar-refractivity contribution in [2.24, 2.45) is 0 Å². The third kappa shape index (κ3) is 6.42. The summed E-state index contributed by atoms with van der Waals surface area (Å²) in [6, 6.07) is 6.19. The summed E-state index contributed by atoms with van der Waals surface area (Å²) >= 11 is 1.45. The number of benzene rings is 1. The van der Waals surface area contributed by atoms with Crippen LogP contribution < -0.4 is 15.5 Å². The highest BCUT2D eigenvalue weighted by Crippen LogP contribution is 2.27. The lowest BCUT2D eigenvalue weighted by molar-refractivity contribution is 0.0933. The molecule has 10 heteroatoms. The second-order valence-electron chi connectivity index (χ2n) is 9.78. The van der Waals surface area contributed by atoms with Crippen LogP contribution in [0.4, 0.5) is 10.8 Å². The molecule has 2 aliphatic rings. The zero-order valence-corrected chi connectivity index (χ0v) is 22.6. The highest BCUT2D eigenvalue weighted by Gasteiger charge is 2.26. The fourth-order valence-electron chi connectivity index (χ4n) is 4.76. The van der Waals surface area contributed by atoms with Gasteiger partial charge in [0.05, 0.1) is 17.4 Å². The molecule has 2 N–H and O–H groups in total. The monoisotopic (exact) mass is 514 g/mol. The van der Waals surface area contributed by atoms with Crippen LogP contribution in [-0.2, 0) is 11.3 Å². The first kappa shape index (κ1) is 26.5. The molecule has 36 heavy (non-hydrogen) atoms. The Kier molecular flexibility index (Phi) is 8.95. The van der Waals surface area contributed by atoms with Crippen LogP contribution in [-0.4, -0.2) is 92.2 Å². The lowest BCUT2D eigenvalue weighted by Crippen LogP contribution is -2.49. The average Bonchev–Trinajstić information content (AvgIpc) is 3.55. The largest absolute Gasteiger partial charge is 0.380 e. The number of carbonyl (C=O) groups is 2. The van der Waals surface area contributed by atoms with Crippen molar-refractivity contribution in [2.75, 3.05) is 63.6 Å². The summed E-state index contributed by atoms with van der Waals surface area (Å²) in [5, 5.41) is 8.48. The number of methoxy groups -OCH3 is 1. The first-order valence-corrected chi connectivity index (χ1v) is 13.6. The first-order chi connectivity index (χ1) is 17.4. The number of nitrogens with one attached hydrogen (secondary N) is 2. The van der Waals surface area contributed by atoms with E-state index in [2.05, 4.69) is 44.3 Å². The van der Waals surface area contributed by atoms with Gasteiger partial charge in [0.25, 0.3) is 11.8 Å². The first-order valence-electron chi connectivity index (χ1n) is 12.8. The van der Waals surface area contributed by atoms with E-state index < -0.39 is 0 Å². The summed E-state index contributed by atoms with van der Waals surface area (Å²) in [6.45, 7) is 10.3. The normalized spacial score (nSPS) is 21.1. The summed E-state index contributed by atoms with van der Waals surface area (Å²) in [4.78, 5) is 37.6. The van der Waals surface area contributed by atoms with Crippen molar-refractivity contribution in [3.05, 3.63) is 40.4 Å². The van der Waals surface area contributed by atoms with E-state index in [-0.39, 0.29) is 17.9 Å². The molecule has 0 bridgehead atoms. The van der Waals surface area contributed by atoms with Crippen molar-refractivity contribution in [3.8, 4) is 0 Å². The molecule has 2 saturated heterocycles. The van der Waals surface area contributed by atoms with E-state index >= 15 is 0 Å². The van der Waals surface area contributed by atoms with Gasteiger partial charge in [-0.05, 0) is 44.5 Å². The number of amides is 2. The van der Waals surface area contributed by atoms with Crippen LogP contribution in [0.25, 0.3) is 0 Å². The number of ether oxygens (including phenoxy) is 1. The molecule has 2 aliphatic heterocycles. The summed E-state index contributed by atoms with van der Waals surface area (Å²) in [5.74, 6) is -0.493. The van der Waals surface area contributed by atoms with Crippen LogP contribution in [0.3, 0.4) is 0 Å². The van der Waals surface area contributed by atoms with Crippen LogP contribution in [0.1, 0.15) is 53.1 Å². The van der Waals surface area contributed by atoms with Gasteiger partial charge in [-0.1, -0.05) is 13.0 Å². The number of hydrogen-bond acceptors (Lipinski definition) is 8. The van der Waals surface area contributed by atoms with Gasteiger partial charge in [0, 0.05) is 64.3 Å². The van der Waals surface area contributed by atoms with Gasteiger partial charge >= 0.3 is 0 Å². The number of carbonyl (C=O) groups excluding carboxylic acids is 2. The second kappa shape index (κ2) is 12.1. The minimum absolute atomic E-state index is 0.179. The molecule has 2 aromatic rings. The van der Waals surface area contributed by atoms with Crippen molar-refractivity contribution in [1.29, 1.82) is 0 Å². The van der Waals surface area contributed by atoms with Crippen LogP contribution in [0, 0.1) is 0 Å². The van der Waals surface area contributed by atoms with Crippen molar-refractivity contribution in [1.82, 2.24) is 20.1 Å². The quantitative estimate of drug-likeness (QED) is 0.532. The topological polar surface area (TPSA) is 90.0 Å². The van der Waals surface area contributed by atoms with Crippen molar-refractivity contribution >= 4 is 34.0 Å². The van der Waals surface area contributed by atoms with Gasteiger partial charge in [0.2, 0.25) is 0 Å². The molecule has 9 nitrogen and oxygen atoms in total. The van der Waals surface area contributed by atoms with E-state index in [0.29, 0.717) is 29.5 Å². The number of likely N-dealkylation sites (N-methyl/N-ethyl adjacent to an activating group) is 1. The molecule has 4 rings (SSSR count). The molecule has 196 valence electrons. The molecule has 2 atom stereocenters. The maximum absolute atomic E-state index is 13.1. The van der Waals surface area contributed by atoms with Crippen LogP contribution in [0.2, 0.25) is 0 Å². The number of nitrogens with zero attached hydrogens (tertiary/aromatic N) is 4. The summed E-state index contributed by atoms with van der Waals surface area (Å²) in [7, 11) is 3.87. The van der Waals surface area contributed by atoms with Crippen molar-refractivity contribution < 1.29 is 14.3 Å². The van der Waals surface area contributed by atoms with Gasteiger partial charge in [-0.25, -0.2) is 4.98 Å². The smallest absolute Gasteiger partial charge is 0.275 e. The molecule has 1 aromatic carbocycles. The zero-order valence-electron chi connectivity index (χ0n) is 21.7. The fraction of sp³-hybridized carbons (Fsp3) is 0.577. The molecule has 0 unspecified atom stereocenters. The van der Waals surface area contributed by atoms with Gasteiger partial charge in [-0.15, -0.1) is 11.3 Å².